The topological polar surface area (TPSA) is 61.8 Å². The van der Waals surface area contributed by atoms with Gasteiger partial charge in [-0.1, -0.05) is 39.0 Å². The predicted octanol–water partition coefficient (Wildman–Crippen LogP) is 4.01. The van der Waals surface area contributed by atoms with E-state index in [2.05, 4.69) is 20.8 Å². The fourth-order valence-corrected chi connectivity index (χ4v) is 2.26. The van der Waals surface area contributed by atoms with Gasteiger partial charge in [0.15, 0.2) is 0 Å². The molecule has 0 N–H and O–H groups in total. The van der Waals surface area contributed by atoms with Crippen LogP contribution in [0.5, 0.6) is 5.75 Å². The maximum atomic E-state index is 12.3. The van der Waals surface area contributed by atoms with Gasteiger partial charge in [-0.15, -0.1) is 0 Å². The summed E-state index contributed by atoms with van der Waals surface area (Å²) in [5, 5.41) is 0. The van der Waals surface area contributed by atoms with Crippen molar-refractivity contribution in [2.75, 3.05) is 20.3 Å². The van der Waals surface area contributed by atoms with Crippen LogP contribution in [0, 0.1) is 0 Å². The summed E-state index contributed by atoms with van der Waals surface area (Å²) in [6, 6.07) is 13.7. The van der Waals surface area contributed by atoms with Gasteiger partial charge in [0.1, 0.15) is 12.4 Å². The molecule has 2 aromatic carbocycles. The summed E-state index contributed by atoms with van der Waals surface area (Å²) in [5.74, 6) is -0.680. The SMILES string of the molecule is COCCOC(=O)c1cccc(OC(=O)c2ccc(C(C)(C)C)cc2)c1. The highest BCUT2D eigenvalue weighted by Crippen LogP contribution is 2.23. The molecule has 2 aromatic rings. The number of carbonyl (C=O) groups excluding carboxylic acids is 2. The summed E-state index contributed by atoms with van der Waals surface area (Å²) in [5.41, 5.74) is 1.91. The van der Waals surface area contributed by atoms with Crippen LogP contribution in [0.1, 0.15) is 47.1 Å². The molecule has 138 valence electrons. The van der Waals surface area contributed by atoms with Crippen LogP contribution in [-0.4, -0.2) is 32.3 Å². The minimum Gasteiger partial charge on any atom is -0.460 e. The summed E-state index contributed by atoms with van der Waals surface area (Å²) in [6.45, 7) is 6.82. The normalized spacial score (nSPS) is 11.1. The maximum Gasteiger partial charge on any atom is 0.343 e. The molecule has 0 saturated heterocycles. The van der Waals surface area contributed by atoms with E-state index in [1.807, 2.05) is 12.1 Å². The quantitative estimate of drug-likeness (QED) is 0.445. The zero-order valence-electron chi connectivity index (χ0n) is 15.6. The van der Waals surface area contributed by atoms with Gasteiger partial charge in [-0.25, -0.2) is 9.59 Å². The molecule has 0 aliphatic heterocycles. The molecule has 0 fully saturated rings. The Bertz CT molecular complexity index is 757. The van der Waals surface area contributed by atoms with Crippen molar-refractivity contribution in [1.29, 1.82) is 0 Å². The zero-order chi connectivity index (χ0) is 19.2. The third-order valence-corrected chi connectivity index (χ3v) is 3.79. The molecule has 0 radical (unpaired) electrons. The van der Waals surface area contributed by atoms with Gasteiger partial charge in [-0.05, 0) is 41.3 Å². The molecule has 0 heterocycles. The first-order chi connectivity index (χ1) is 12.3. The summed E-state index contributed by atoms with van der Waals surface area (Å²) >= 11 is 0. The lowest BCUT2D eigenvalue weighted by Gasteiger charge is -2.18. The second-order valence-electron chi connectivity index (χ2n) is 6.87. The first-order valence-electron chi connectivity index (χ1n) is 8.40. The van der Waals surface area contributed by atoms with Crippen molar-refractivity contribution in [3.63, 3.8) is 0 Å². The Labute approximate surface area is 153 Å². The van der Waals surface area contributed by atoms with Gasteiger partial charge in [0, 0.05) is 7.11 Å². The van der Waals surface area contributed by atoms with Gasteiger partial charge >= 0.3 is 11.9 Å². The van der Waals surface area contributed by atoms with Crippen molar-refractivity contribution in [1.82, 2.24) is 0 Å². The molecule has 0 atom stereocenters. The molecular weight excluding hydrogens is 332 g/mol. The Hall–Kier alpha value is -2.66. The molecule has 5 nitrogen and oxygen atoms in total. The lowest BCUT2D eigenvalue weighted by Crippen LogP contribution is -2.13. The monoisotopic (exact) mass is 356 g/mol. The standard InChI is InChI=1S/C21H24O5/c1-21(2,3)17-10-8-15(9-11-17)20(23)26-18-7-5-6-16(14-18)19(22)25-13-12-24-4/h5-11,14H,12-13H2,1-4H3. The van der Waals surface area contributed by atoms with Gasteiger partial charge in [0.2, 0.25) is 0 Å². The van der Waals surface area contributed by atoms with Crippen LogP contribution in [-0.2, 0) is 14.9 Å². The molecule has 0 bridgehead atoms. The second kappa shape index (κ2) is 8.63. The van der Waals surface area contributed by atoms with E-state index < -0.39 is 11.9 Å². The number of carbonyl (C=O) groups is 2. The number of methoxy groups -OCH3 is 1. The highest BCUT2D eigenvalue weighted by Gasteiger charge is 2.16. The van der Waals surface area contributed by atoms with Crippen molar-refractivity contribution in [2.24, 2.45) is 0 Å². The van der Waals surface area contributed by atoms with Crippen LogP contribution in [0.4, 0.5) is 0 Å². The molecule has 0 aliphatic carbocycles. The molecule has 5 heteroatoms. The van der Waals surface area contributed by atoms with Crippen molar-refractivity contribution >= 4 is 11.9 Å². The largest absolute Gasteiger partial charge is 0.460 e. The lowest BCUT2D eigenvalue weighted by atomic mass is 9.87. The number of hydrogen-bond acceptors (Lipinski definition) is 5. The number of ether oxygens (including phenoxy) is 3. The van der Waals surface area contributed by atoms with Gasteiger partial charge in [0.05, 0.1) is 17.7 Å². The predicted molar refractivity (Wildman–Crippen MR) is 98.7 cm³/mol. The van der Waals surface area contributed by atoms with E-state index in [1.165, 1.54) is 13.2 Å². The summed E-state index contributed by atoms with van der Waals surface area (Å²) in [7, 11) is 1.53. The van der Waals surface area contributed by atoms with Crippen LogP contribution < -0.4 is 4.74 Å². The third kappa shape index (κ3) is 5.43. The van der Waals surface area contributed by atoms with E-state index in [0.29, 0.717) is 17.7 Å². The fourth-order valence-electron chi connectivity index (χ4n) is 2.26. The van der Waals surface area contributed by atoms with Gasteiger partial charge in [0.25, 0.3) is 0 Å². The molecule has 0 saturated carbocycles. The van der Waals surface area contributed by atoms with Crippen LogP contribution in [0.2, 0.25) is 0 Å². The number of esters is 2. The smallest absolute Gasteiger partial charge is 0.343 e. The van der Waals surface area contributed by atoms with Crippen molar-refractivity contribution in [3.05, 3.63) is 65.2 Å². The Balaban J connectivity index is 2.05. The van der Waals surface area contributed by atoms with E-state index in [9.17, 15) is 9.59 Å². The van der Waals surface area contributed by atoms with Crippen LogP contribution in [0.3, 0.4) is 0 Å². The van der Waals surface area contributed by atoms with E-state index in [4.69, 9.17) is 14.2 Å². The summed E-state index contributed by atoms with van der Waals surface area (Å²) in [6.07, 6.45) is 0. The molecule has 2 rings (SSSR count). The highest BCUT2D eigenvalue weighted by atomic mass is 16.6. The summed E-state index contributed by atoms with van der Waals surface area (Å²) in [4.78, 5) is 24.3. The molecule has 0 amide bonds. The number of rotatable bonds is 6. The molecule has 26 heavy (non-hydrogen) atoms. The number of benzene rings is 2. The Morgan fingerprint density at radius 2 is 1.58 bits per heavy atom. The van der Waals surface area contributed by atoms with Crippen LogP contribution in [0.25, 0.3) is 0 Å². The maximum absolute atomic E-state index is 12.3. The average molecular weight is 356 g/mol. The highest BCUT2D eigenvalue weighted by molar-refractivity contribution is 5.92. The molecule has 0 unspecified atom stereocenters. The molecule has 0 aromatic heterocycles. The molecular formula is C21H24O5. The van der Waals surface area contributed by atoms with Gasteiger partial charge in [-0.3, -0.25) is 0 Å². The van der Waals surface area contributed by atoms with Crippen molar-refractivity contribution in [3.8, 4) is 5.75 Å². The summed E-state index contributed by atoms with van der Waals surface area (Å²) < 4.78 is 15.3. The van der Waals surface area contributed by atoms with E-state index in [0.717, 1.165) is 5.56 Å². The van der Waals surface area contributed by atoms with Crippen molar-refractivity contribution in [2.45, 2.75) is 26.2 Å². The van der Waals surface area contributed by atoms with E-state index >= 15 is 0 Å². The van der Waals surface area contributed by atoms with Gasteiger partial charge < -0.3 is 14.2 Å². The zero-order valence-corrected chi connectivity index (χ0v) is 15.6. The van der Waals surface area contributed by atoms with Crippen LogP contribution >= 0.6 is 0 Å². The molecule has 0 spiro atoms. The Morgan fingerprint density at radius 3 is 2.19 bits per heavy atom. The fraction of sp³-hybridized carbons (Fsp3) is 0.333. The first-order valence-corrected chi connectivity index (χ1v) is 8.40. The van der Waals surface area contributed by atoms with Gasteiger partial charge in [-0.2, -0.15) is 0 Å². The number of hydrogen-bond donors (Lipinski definition) is 0. The lowest BCUT2D eigenvalue weighted by molar-refractivity contribution is 0.0387. The minimum absolute atomic E-state index is 0.0138. The Kier molecular flexibility index (Phi) is 6.52. The van der Waals surface area contributed by atoms with E-state index in [1.54, 1.807) is 30.3 Å². The van der Waals surface area contributed by atoms with Crippen molar-refractivity contribution < 1.29 is 23.8 Å². The first kappa shape index (κ1) is 19.7. The average Bonchev–Trinajstić information content (AvgIpc) is 2.61. The minimum atomic E-state index is -0.491. The van der Waals surface area contributed by atoms with E-state index in [-0.39, 0.29) is 17.8 Å². The Morgan fingerprint density at radius 1 is 0.885 bits per heavy atom. The second-order valence-corrected chi connectivity index (χ2v) is 6.87. The van der Waals surface area contributed by atoms with Crippen LogP contribution in [0.15, 0.2) is 48.5 Å². The third-order valence-electron chi connectivity index (χ3n) is 3.79. The molecule has 0 aliphatic rings.